The largest absolute Gasteiger partial charge is 0.314 e. The van der Waals surface area contributed by atoms with Gasteiger partial charge in [0.15, 0.2) is 9.84 Å². The van der Waals surface area contributed by atoms with Crippen molar-refractivity contribution in [1.29, 1.82) is 0 Å². The number of piperazine rings is 1. The fourth-order valence-corrected chi connectivity index (χ4v) is 5.53. The monoisotopic (exact) mass is 325 g/mol. The Bertz CT molecular complexity index is 512. The van der Waals surface area contributed by atoms with E-state index in [4.69, 9.17) is 0 Å². The molecule has 2 aliphatic heterocycles. The second-order valence-electron chi connectivity index (χ2n) is 5.53. The van der Waals surface area contributed by atoms with Gasteiger partial charge in [-0.25, -0.2) is 21.6 Å². The lowest BCUT2D eigenvalue weighted by Gasteiger charge is -2.26. The molecule has 1 atom stereocenters. The molecule has 7 nitrogen and oxygen atoms in total. The first-order chi connectivity index (χ1) is 9.36. The third kappa shape index (κ3) is 5.28. The Labute approximate surface area is 121 Å². The molecule has 0 radical (unpaired) electrons. The first kappa shape index (κ1) is 16.2. The fourth-order valence-electron chi connectivity index (χ4n) is 2.53. The summed E-state index contributed by atoms with van der Waals surface area (Å²) in [6.07, 6.45) is 0.558. The maximum absolute atomic E-state index is 11.9. The van der Waals surface area contributed by atoms with Crippen molar-refractivity contribution in [3.8, 4) is 0 Å². The maximum Gasteiger partial charge on any atom is 0.212 e. The SMILES string of the molecule is O=S1(=O)CCC(CNS(=O)(=O)CCN2CCNCC2)C1. The summed E-state index contributed by atoms with van der Waals surface area (Å²) in [7, 11) is -6.26. The van der Waals surface area contributed by atoms with E-state index in [1.54, 1.807) is 0 Å². The lowest BCUT2D eigenvalue weighted by molar-refractivity contribution is 0.253. The molecule has 2 N–H and O–H groups in total. The minimum Gasteiger partial charge on any atom is -0.314 e. The van der Waals surface area contributed by atoms with Crippen LogP contribution in [0.25, 0.3) is 0 Å². The summed E-state index contributed by atoms with van der Waals surface area (Å²) in [5.41, 5.74) is 0. The normalized spacial score (nSPS) is 27.7. The van der Waals surface area contributed by atoms with Gasteiger partial charge in [-0.3, -0.25) is 4.90 Å². The van der Waals surface area contributed by atoms with Gasteiger partial charge in [0.1, 0.15) is 0 Å². The highest BCUT2D eigenvalue weighted by atomic mass is 32.2. The predicted octanol–water partition coefficient (Wildman–Crippen LogP) is -1.75. The summed E-state index contributed by atoms with van der Waals surface area (Å²) < 4.78 is 48.9. The van der Waals surface area contributed by atoms with E-state index in [9.17, 15) is 16.8 Å². The molecule has 0 amide bonds. The van der Waals surface area contributed by atoms with Gasteiger partial charge in [-0.15, -0.1) is 0 Å². The second kappa shape index (κ2) is 6.69. The zero-order valence-electron chi connectivity index (χ0n) is 11.5. The summed E-state index contributed by atoms with van der Waals surface area (Å²) in [5, 5.41) is 3.22. The summed E-state index contributed by atoms with van der Waals surface area (Å²) in [6.45, 7) is 4.30. The van der Waals surface area contributed by atoms with Gasteiger partial charge in [0, 0.05) is 39.3 Å². The van der Waals surface area contributed by atoms with Crippen molar-refractivity contribution in [2.45, 2.75) is 6.42 Å². The summed E-state index contributed by atoms with van der Waals surface area (Å²) in [6, 6.07) is 0. The zero-order valence-corrected chi connectivity index (χ0v) is 13.2. The predicted molar refractivity (Wildman–Crippen MR) is 77.9 cm³/mol. The Kier molecular flexibility index (Phi) is 5.41. The van der Waals surface area contributed by atoms with Gasteiger partial charge in [-0.05, 0) is 12.3 Å². The molecule has 0 saturated carbocycles. The van der Waals surface area contributed by atoms with Gasteiger partial charge in [-0.2, -0.15) is 0 Å². The van der Waals surface area contributed by atoms with E-state index in [-0.39, 0.29) is 29.7 Å². The first-order valence-corrected chi connectivity index (χ1v) is 10.4. The summed E-state index contributed by atoms with van der Waals surface area (Å²) >= 11 is 0. The van der Waals surface area contributed by atoms with E-state index < -0.39 is 19.9 Å². The van der Waals surface area contributed by atoms with Crippen molar-refractivity contribution < 1.29 is 16.8 Å². The number of sulfone groups is 1. The van der Waals surface area contributed by atoms with E-state index in [2.05, 4.69) is 14.9 Å². The van der Waals surface area contributed by atoms with E-state index in [1.165, 1.54) is 0 Å². The minimum absolute atomic E-state index is 0.0750. The fraction of sp³-hybridized carbons (Fsp3) is 1.00. The van der Waals surface area contributed by atoms with E-state index in [0.29, 0.717) is 13.0 Å². The lowest BCUT2D eigenvalue weighted by atomic mass is 10.1. The summed E-state index contributed by atoms with van der Waals surface area (Å²) in [5.74, 6) is 0.286. The van der Waals surface area contributed by atoms with Crippen molar-refractivity contribution in [2.75, 3.05) is 56.5 Å². The molecule has 0 bridgehead atoms. The highest BCUT2D eigenvalue weighted by Crippen LogP contribution is 2.17. The number of sulfonamides is 1. The van der Waals surface area contributed by atoms with Crippen LogP contribution in [-0.4, -0.2) is 78.3 Å². The highest BCUT2D eigenvalue weighted by molar-refractivity contribution is 7.91. The van der Waals surface area contributed by atoms with Gasteiger partial charge >= 0.3 is 0 Å². The van der Waals surface area contributed by atoms with Crippen LogP contribution in [-0.2, 0) is 19.9 Å². The molecule has 0 aliphatic carbocycles. The Morgan fingerprint density at radius 3 is 2.55 bits per heavy atom. The van der Waals surface area contributed by atoms with Crippen LogP contribution in [0.4, 0.5) is 0 Å². The molecule has 2 rings (SSSR count). The third-order valence-electron chi connectivity index (χ3n) is 3.80. The molecule has 1 unspecified atom stereocenters. The van der Waals surface area contributed by atoms with E-state index in [0.717, 1.165) is 26.2 Å². The average molecular weight is 325 g/mol. The smallest absolute Gasteiger partial charge is 0.212 e. The topological polar surface area (TPSA) is 95.6 Å². The Morgan fingerprint density at radius 2 is 1.95 bits per heavy atom. The van der Waals surface area contributed by atoms with Gasteiger partial charge in [0.2, 0.25) is 10.0 Å². The zero-order chi connectivity index (χ0) is 14.6. The van der Waals surface area contributed by atoms with Gasteiger partial charge in [0.05, 0.1) is 17.3 Å². The lowest BCUT2D eigenvalue weighted by Crippen LogP contribution is -2.46. The molecule has 0 aromatic carbocycles. The van der Waals surface area contributed by atoms with Crippen molar-refractivity contribution in [1.82, 2.24) is 14.9 Å². The van der Waals surface area contributed by atoms with Gasteiger partial charge in [0.25, 0.3) is 0 Å². The molecule has 0 aromatic heterocycles. The highest BCUT2D eigenvalue weighted by Gasteiger charge is 2.28. The van der Waals surface area contributed by atoms with Crippen LogP contribution in [0.2, 0.25) is 0 Å². The molecule has 2 aliphatic rings. The molecule has 2 fully saturated rings. The van der Waals surface area contributed by atoms with Crippen LogP contribution in [0, 0.1) is 5.92 Å². The second-order valence-corrected chi connectivity index (χ2v) is 9.68. The van der Waals surface area contributed by atoms with Crippen molar-refractivity contribution >= 4 is 19.9 Å². The Morgan fingerprint density at radius 1 is 1.25 bits per heavy atom. The molecular formula is C11H23N3O4S2. The quantitative estimate of drug-likeness (QED) is 0.601. The van der Waals surface area contributed by atoms with Crippen molar-refractivity contribution in [3.63, 3.8) is 0 Å². The van der Waals surface area contributed by atoms with Crippen LogP contribution < -0.4 is 10.0 Å². The van der Waals surface area contributed by atoms with E-state index in [1.807, 2.05) is 0 Å². The third-order valence-corrected chi connectivity index (χ3v) is 6.97. The molecule has 20 heavy (non-hydrogen) atoms. The van der Waals surface area contributed by atoms with E-state index >= 15 is 0 Å². The average Bonchev–Trinajstić information content (AvgIpc) is 2.75. The minimum atomic E-state index is -3.31. The van der Waals surface area contributed by atoms with Crippen LogP contribution in [0.3, 0.4) is 0 Å². The molecule has 0 aromatic rings. The Balaban J connectivity index is 1.71. The number of nitrogens with zero attached hydrogens (tertiary/aromatic N) is 1. The Hall–Kier alpha value is -0.220. The molecule has 2 saturated heterocycles. The number of nitrogens with one attached hydrogen (secondary N) is 2. The van der Waals surface area contributed by atoms with Crippen molar-refractivity contribution in [2.24, 2.45) is 5.92 Å². The van der Waals surface area contributed by atoms with Crippen LogP contribution >= 0.6 is 0 Å². The number of hydrogen-bond donors (Lipinski definition) is 2. The van der Waals surface area contributed by atoms with Gasteiger partial charge in [-0.1, -0.05) is 0 Å². The van der Waals surface area contributed by atoms with Gasteiger partial charge < -0.3 is 5.32 Å². The number of rotatable bonds is 6. The molecular weight excluding hydrogens is 302 g/mol. The van der Waals surface area contributed by atoms with Crippen LogP contribution in [0.15, 0.2) is 0 Å². The van der Waals surface area contributed by atoms with Crippen LogP contribution in [0.5, 0.6) is 0 Å². The molecule has 118 valence electrons. The summed E-state index contributed by atoms with van der Waals surface area (Å²) in [4.78, 5) is 2.12. The first-order valence-electron chi connectivity index (χ1n) is 6.97. The maximum atomic E-state index is 11.9. The van der Waals surface area contributed by atoms with Crippen molar-refractivity contribution in [3.05, 3.63) is 0 Å². The number of hydrogen-bond acceptors (Lipinski definition) is 6. The molecule has 0 spiro atoms. The van der Waals surface area contributed by atoms with Crippen LogP contribution in [0.1, 0.15) is 6.42 Å². The standard InChI is InChI=1S/C11H23N3O4S2/c15-19(16)7-1-11(10-19)9-13-20(17,18)8-6-14-4-2-12-3-5-14/h11-13H,1-10H2. The molecule has 2 heterocycles. The molecule has 9 heteroatoms.